The van der Waals surface area contributed by atoms with Crippen molar-refractivity contribution in [1.82, 2.24) is 10.4 Å². The van der Waals surface area contributed by atoms with Crippen LogP contribution in [0.1, 0.15) is 6.42 Å². The second-order valence-electron chi connectivity index (χ2n) is 1.80. The third-order valence-electron chi connectivity index (χ3n) is 1.18. The van der Waals surface area contributed by atoms with Gasteiger partial charge in [-0.2, -0.15) is 0 Å². The van der Waals surface area contributed by atoms with E-state index in [9.17, 15) is 4.79 Å². The summed E-state index contributed by atoms with van der Waals surface area (Å²) in [6.07, 6.45) is 1.02. The number of carbonyl (C=O) groups excluding carboxylic acids is 1. The number of carbonyl (C=O) groups is 1. The van der Waals surface area contributed by atoms with Crippen LogP contribution in [0.15, 0.2) is 0 Å². The fraction of sp³-hybridized carbons (Fsp3) is 0.750. The second-order valence-corrected chi connectivity index (χ2v) is 2.38. The number of nitrogens with zero attached hydrogens (tertiary/aromatic N) is 1. The molecule has 1 heterocycles. The van der Waals surface area contributed by atoms with Gasteiger partial charge in [0, 0.05) is 13.1 Å². The Labute approximate surface area is 59.4 Å². The second kappa shape index (κ2) is 3.13. The summed E-state index contributed by atoms with van der Waals surface area (Å²) in [7, 11) is 5.04. The predicted molar refractivity (Wildman–Crippen MR) is 38.1 cm³/mol. The van der Waals surface area contributed by atoms with E-state index < -0.39 is 0 Å². The molecule has 0 atom stereocenters. The predicted octanol–water partition coefficient (Wildman–Crippen LogP) is 0.133. The van der Waals surface area contributed by atoms with E-state index in [1.807, 2.05) is 0 Å². The summed E-state index contributed by atoms with van der Waals surface area (Å²) >= 11 is 0.747. The van der Waals surface area contributed by atoms with Crippen LogP contribution in [0.25, 0.3) is 0 Å². The van der Waals surface area contributed by atoms with Crippen molar-refractivity contribution in [2.75, 3.05) is 13.1 Å². The molecule has 0 unspecified atom stereocenters. The molecule has 0 saturated carbocycles. The van der Waals surface area contributed by atoms with E-state index in [1.165, 1.54) is 5.01 Å². The van der Waals surface area contributed by atoms with Gasteiger partial charge in [-0.05, 0) is 6.42 Å². The molecule has 1 N–H and O–H groups in total. The van der Waals surface area contributed by atoms with Crippen LogP contribution in [0.3, 0.4) is 0 Å². The molecule has 1 rings (SSSR count). The maximum Gasteiger partial charge on any atom is 0.283 e. The highest BCUT2D eigenvalue weighted by atomic mass is 32.2. The van der Waals surface area contributed by atoms with E-state index in [0.717, 1.165) is 31.1 Å². The summed E-state index contributed by atoms with van der Waals surface area (Å²) < 4.78 is 0. The average Bonchev–Trinajstić information content (AvgIpc) is 2.37. The first-order chi connectivity index (χ1) is 4.34. The molecular weight excluding hydrogens is 135 g/mol. The van der Waals surface area contributed by atoms with Gasteiger partial charge in [0.2, 0.25) is 0 Å². The van der Waals surface area contributed by atoms with Crippen LogP contribution in [0, 0.1) is 0 Å². The first kappa shape index (κ1) is 6.96. The summed E-state index contributed by atoms with van der Waals surface area (Å²) in [5, 5.41) is 1.43. The van der Waals surface area contributed by atoms with Crippen molar-refractivity contribution in [2.45, 2.75) is 6.42 Å². The smallest absolute Gasteiger partial charge is 0.270 e. The average molecular weight is 142 g/mol. The molecule has 0 aliphatic carbocycles. The van der Waals surface area contributed by atoms with Crippen LogP contribution in [-0.4, -0.2) is 30.5 Å². The fourth-order valence-electron chi connectivity index (χ4n) is 0.750. The zero-order valence-electron chi connectivity index (χ0n) is 4.96. The summed E-state index contributed by atoms with van der Waals surface area (Å²) in [4.78, 5) is 10.7. The standard InChI is InChI=1S/C4H7BN2OS/c5-9-4(8)7-3-1-2-6-7/h6H,1-3H2. The molecule has 1 aliphatic heterocycles. The lowest BCUT2D eigenvalue weighted by Crippen LogP contribution is -2.33. The largest absolute Gasteiger partial charge is 0.283 e. The molecule has 1 saturated heterocycles. The highest BCUT2D eigenvalue weighted by Gasteiger charge is 2.14. The Bertz CT molecular complexity index is 115. The molecule has 0 aromatic rings. The molecule has 9 heavy (non-hydrogen) atoms. The van der Waals surface area contributed by atoms with Crippen molar-refractivity contribution >= 4 is 24.0 Å². The molecule has 48 valence electrons. The Morgan fingerprint density at radius 2 is 2.56 bits per heavy atom. The van der Waals surface area contributed by atoms with E-state index in [1.54, 1.807) is 0 Å². The first-order valence-electron chi connectivity index (χ1n) is 2.76. The van der Waals surface area contributed by atoms with Crippen molar-refractivity contribution in [2.24, 2.45) is 0 Å². The third-order valence-corrected chi connectivity index (χ3v) is 1.60. The number of hydrogen-bond donors (Lipinski definition) is 1. The van der Waals surface area contributed by atoms with Crippen LogP contribution >= 0.6 is 11.6 Å². The summed E-state index contributed by atoms with van der Waals surface area (Å²) in [6, 6.07) is 0. The SMILES string of the molecule is [B]SC(=O)N1CCCN1. The van der Waals surface area contributed by atoms with Gasteiger partial charge in [0.05, 0.1) is 0 Å². The summed E-state index contributed by atoms with van der Waals surface area (Å²) in [5.74, 6) is 0. The number of hydrogen-bond acceptors (Lipinski definition) is 3. The molecule has 0 aromatic carbocycles. The summed E-state index contributed by atoms with van der Waals surface area (Å²) in [5.41, 5.74) is 2.89. The van der Waals surface area contributed by atoms with Crippen molar-refractivity contribution in [3.63, 3.8) is 0 Å². The fourth-order valence-corrected chi connectivity index (χ4v) is 1.03. The van der Waals surface area contributed by atoms with Crippen molar-refractivity contribution < 1.29 is 4.79 Å². The van der Waals surface area contributed by atoms with Crippen LogP contribution in [0.2, 0.25) is 0 Å². The molecule has 1 amide bonds. The highest BCUT2D eigenvalue weighted by molar-refractivity contribution is 8.31. The lowest BCUT2D eigenvalue weighted by atomic mass is 10.5. The van der Waals surface area contributed by atoms with E-state index in [4.69, 9.17) is 7.12 Å². The van der Waals surface area contributed by atoms with Crippen molar-refractivity contribution in [3.05, 3.63) is 0 Å². The first-order valence-corrected chi connectivity index (χ1v) is 3.64. The van der Waals surface area contributed by atoms with Crippen LogP contribution < -0.4 is 5.43 Å². The minimum atomic E-state index is -0.104. The third kappa shape index (κ3) is 1.62. The molecule has 1 aliphatic rings. The van der Waals surface area contributed by atoms with Gasteiger partial charge in [-0.1, -0.05) is 0 Å². The molecule has 1 fully saturated rings. The maximum atomic E-state index is 10.7. The van der Waals surface area contributed by atoms with Crippen LogP contribution in [-0.2, 0) is 0 Å². The van der Waals surface area contributed by atoms with Gasteiger partial charge in [-0.3, -0.25) is 9.80 Å². The Hall–Kier alpha value is -0.155. The van der Waals surface area contributed by atoms with Gasteiger partial charge < -0.3 is 0 Å². The van der Waals surface area contributed by atoms with Crippen molar-refractivity contribution in [3.8, 4) is 0 Å². The minimum absolute atomic E-state index is 0.104. The van der Waals surface area contributed by atoms with E-state index in [0.29, 0.717) is 0 Å². The molecule has 0 spiro atoms. The number of rotatable bonds is 0. The lowest BCUT2D eigenvalue weighted by molar-refractivity contribution is 0.217. The summed E-state index contributed by atoms with van der Waals surface area (Å²) in [6.45, 7) is 1.66. The van der Waals surface area contributed by atoms with E-state index in [2.05, 4.69) is 5.43 Å². The number of amides is 1. The molecule has 0 bridgehead atoms. The Balaban J connectivity index is 2.32. The van der Waals surface area contributed by atoms with Gasteiger partial charge in [-0.15, -0.1) is 11.6 Å². The quantitative estimate of drug-likeness (QED) is 0.488. The normalized spacial score (nSPS) is 18.4. The van der Waals surface area contributed by atoms with Crippen molar-refractivity contribution in [1.29, 1.82) is 0 Å². The van der Waals surface area contributed by atoms with Gasteiger partial charge >= 0.3 is 0 Å². The van der Waals surface area contributed by atoms with Crippen LogP contribution in [0.4, 0.5) is 4.79 Å². The van der Waals surface area contributed by atoms with E-state index in [-0.39, 0.29) is 5.24 Å². The Kier molecular flexibility index (Phi) is 2.42. The minimum Gasteiger partial charge on any atom is -0.270 e. The van der Waals surface area contributed by atoms with Gasteiger partial charge in [0.25, 0.3) is 5.24 Å². The molecule has 2 radical (unpaired) electrons. The van der Waals surface area contributed by atoms with Gasteiger partial charge in [0.1, 0.15) is 0 Å². The Morgan fingerprint density at radius 3 is 3.00 bits per heavy atom. The molecule has 0 aromatic heterocycles. The molecule has 3 nitrogen and oxygen atoms in total. The zero-order valence-corrected chi connectivity index (χ0v) is 5.78. The Morgan fingerprint density at radius 1 is 1.78 bits per heavy atom. The van der Waals surface area contributed by atoms with Gasteiger partial charge in [0.15, 0.2) is 7.12 Å². The topological polar surface area (TPSA) is 32.3 Å². The molecule has 5 heteroatoms. The maximum absolute atomic E-state index is 10.7. The van der Waals surface area contributed by atoms with Gasteiger partial charge in [-0.25, -0.2) is 5.43 Å². The highest BCUT2D eigenvalue weighted by Crippen LogP contribution is 2.04. The van der Waals surface area contributed by atoms with E-state index >= 15 is 0 Å². The molecular formula is C4H7BN2OS. The zero-order chi connectivity index (χ0) is 6.69. The lowest BCUT2D eigenvalue weighted by Gasteiger charge is -2.12. The van der Waals surface area contributed by atoms with Crippen LogP contribution in [0.5, 0.6) is 0 Å². The monoisotopic (exact) mass is 142 g/mol. The number of hydrazine groups is 1. The number of nitrogens with one attached hydrogen (secondary N) is 1.